The molecule has 0 spiro atoms. The van der Waals surface area contributed by atoms with Gasteiger partial charge in [-0.15, -0.1) is 0 Å². The van der Waals surface area contributed by atoms with Crippen molar-refractivity contribution in [1.29, 1.82) is 0 Å². The summed E-state index contributed by atoms with van der Waals surface area (Å²) in [5, 5.41) is 9.79. The fraction of sp³-hybridized carbons (Fsp3) is 0.966. The molecule has 0 bridgehead atoms. The van der Waals surface area contributed by atoms with Crippen molar-refractivity contribution < 1.29 is 42.9 Å². The molecule has 572 valence electrons. The van der Waals surface area contributed by atoms with Crippen molar-refractivity contribution in [3.63, 3.8) is 0 Å². The molecule has 0 saturated heterocycles. The minimum absolute atomic E-state index is 0.171. The summed E-state index contributed by atoms with van der Waals surface area (Å²) >= 11 is 0. The summed E-state index contributed by atoms with van der Waals surface area (Å²) in [5.41, 5.74) is 0. The lowest BCUT2D eigenvalue weighted by Gasteiger charge is -2.25. The van der Waals surface area contributed by atoms with Crippen molar-refractivity contribution in [2.24, 2.45) is 0 Å². The standard InChI is InChI=1S/C87H171NO8/c1-6-8-10-12-14-16-18-20-22-24-26-28-30-32-34-36-38-40-42-44-46-48-50-52-54-56-58-60-62-64-66-68-70-72-74-76-78-85(90)96-83(82-95-87(86(91)92)93-80-79-88(3,4)5)81-94-84(89)77-75-73-71-69-67-65-63-61-59-57-55-53-51-49-47-45-43-41-39-37-35-33-31-29-27-25-23-21-19-17-15-13-11-9-7-2/h83,87H,6-82H2,1-5H3/p+1. The molecule has 0 saturated carbocycles. The molecule has 0 aliphatic heterocycles. The van der Waals surface area contributed by atoms with Gasteiger partial charge in [0.15, 0.2) is 6.10 Å². The summed E-state index contributed by atoms with van der Waals surface area (Å²) in [5.74, 6) is -1.96. The second-order valence-electron chi connectivity index (χ2n) is 31.6. The van der Waals surface area contributed by atoms with Crippen LogP contribution in [-0.2, 0) is 33.3 Å². The largest absolute Gasteiger partial charge is 0.477 e. The third kappa shape index (κ3) is 79.6. The molecule has 0 fully saturated rings. The van der Waals surface area contributed by atoms with Crippen LogP contribution in [-0.4, -0.2) is 87.4 Å². The fourth-order valence-corrected chi connectivity index (χ4v) is 14.0. The van der Waals surface area contributed by atoms with Gasteiger partial charge in [0, 0.05) is 12.8 Å². The topological polar surface area (TPSA) is 108 Å². The van der Waals surface area contributed by atoms with Crippen molar-refractivity contribution in [3.05, 3.63) is 0 Å². The lowest BCUT2D eigenvalue weighted by atomic mass is 10.0. The van der Waals surface area contributed by atoms with E-state index in [0.29, 0.717) is 17.4 Å². The number of esters is 2. The van der Waals surface area contributed by atoms with E-state index in [4.69, 9.17) is 18.9 Å². The van der Waals surface area contributed by atoms with Gasteiger partial charge >= 0.3 is 17.9 Å². The fourth-order valence-electron chi connectivity index (χ4n) is 14.0. The predicted octanol–water partition coefficient (Wildman–Crippen LogP) is 28.1. The van der Waals surface area contributed by atoms with Crippen LogP contribution in [0.1, 0.15) is 483 Å². The minimum Gasteiger partial charge on any atom is -0.477 e. The number of ether oxygens (including phenoxy) is 4. The first-order valence-electron chi connectivity index (χ1n) is 43.7. The molecule has 2 unspecified atom stereocenters. The molecular weight excluding hydrogens is 1190 g/mol. The van der Waals surface area contributed by atoms with E-state index in [1.165, 1.54) is 417 Å². The van der Waals surface area contributed by atoms with Gasteiger partial charge in [0.2, 0.25) is 0 Å². The average Bonchev–Trinajstić information content (AvgIpc) is 2.64. The lowest BCUT2D eigenvalue weighted by molar-refractivity contribution is -0.870. The van der Waals surface area contributed by atoms with E-state index < -0.39 is 18.4 Å². The number of carbonyl (C=O) groups excluding carboxylic acids is 2. The van der Waals surface area contributed by atoms with Crippen LogP contribution in [0.25, 0.3) is 0 Å². The maximum atomic E-state index is 13.0. The number of hydrogen-bond acceptors (Lipinski definition) is 7. The molecule has 0 heterocycles. The Morgan fingerprint density at radius 1 is 0.271 bits per heavy atom. The molecule has 0 aromatic rings. The zero-order chi connectivity index (χ0) is 69.7. The van der Waals surface area contributed by atoms with Crippen LogP contribution in [0.15, 0.2) is 0 Å². The Labute approximate surface area is 600 Å². The summed E-state index contributed by atoms with van der Waals surface area (Å²) in [4.78, 5) is 37.8. The Kier molecular flexibility index (Phi) is 77.6. The molecule has 0 amide bonds. The molecule has 0 aliphatic carbocycles. The molecule has 0 aromatic heterocycles. The van der Waals surface area contributed by atoms with Gasteiger partial charge in [0.25, 0.3) is 6.29 Å². The number of aliphatic carboxylic acids is 1. The monoisotopic (exact) mass is 1360 g/mol. The normalized spacial score (nSPS) is 12.5. The van der Waals surface area contributed by atoms with Gasteiger partial charge in [-0.1, -0.05) is 457 Å². The highest BCUT2D eigenvalue weighted by molar-refractivity contribution is 5.71. The van der Waals surface area contributed by atoms with E-state index in [-0.39, 0.29) is 38.2 Å². The number of likely N-dealkylation sites (N-methyl/N-ethyl adjacent to an activating group) is 1. The molecule has 2 atom stereocenters. The highest BCUT2D eigenvalue weighted by atomic mass is 16.7. The zero-order valence-electron chi connectivity index (χ0n) is 65.9. The van der Waals surface area contributed by atoms with Crippen molar-refractivity contribution >= 4 is 17.9 Å². The second kappa shape index (κ2) is 79.0. The predicted molar refractivity (Wildman–Crippen MR) is 415 cm³/mol. The number of quaternary nitrogens is 1. The van der Waals surface area contributed by atoms with E-state index in [0.717, 1.165) is 38.5 Å². The van der Waals surface area contributed by atoms with E-state index in [1.54, 1.807) is 0 Å². The Morgan fingerprint density at radius 3 is 0.667 bits per heavy atom. The van der Waals surface area contributed by atoms with Crippen LogP contribution in [0.4, 0.5) is 0 Å². The second-order valence-corrected chi connectivity index (χ2v) is 31.6. The molecule has 1 N–H and O–H groups in total. The number of unbranched alkanes of at least 4 members (excludes halogenated alkanes) is 69. The molecule has 0 radical (unpaired) electrons. The van der Waals surface area contributed by atoms with Crippen LogP contribution in [0.5, 0.6) is 0 Å². The van der Waals surface area contributed by atoms with Gasteiger partial charge in [-0.2, -0.15) is 0 Å². The SMILES string of the molecule is CCCCCCCCCCCCCCCCCCCCCCCCCCCCCCCCCCCCCCC(=O)OC(COC(=O)CCCCCCCCCCCCCCCCCCCCCCCCCCCCCCCCCCCCC)COC(OCC[N+](C)(C)C)C(=O)O. The number of nitrogens with zero attached hydrogens (tertiary/aromatic N) is 1. The van der Waals surface area contributed by atoms with Crippen molar-refractivity contribution in [2.75, 3.05) is 47.5 Å². The molecule has 9 nitrogen and oxygen atoms in total. The smallest absolute Gasteiger partial charge is 0.361 e. The van der Waals surface area contributed by atoms with Gasteiger partial charge in [0.1, 0.15) is 13.2 Å². The highest BCUT2D eigenvalue weighted by Gasteiger charge is 2.25. The number of carbonyl (C=O) groups is 3. The third-order valence-electron chi connectivity index (χ3n) is 20.6. The number of rotatable bonds is 84. The van der Waals surface area contributed by atoms with E-state index in [9.17, 15) is 19.5 Å². The van der Waals surface area contributed by atoms with E-state index in [2.05, 4.69) is 13.8 Å². The summed E-state index contributed by atoms with van der Waals surface area (Å²) in [6.07, 6.45) is 95.9. The summed E-state index contributed by atoms with van der Waals surface area (Å²) < 4.78 is 23.1. The highest BCUT2D eigenvalue weighted by Crippen LogP contribution is 2.22. The summed E-state index contributed by atoms with van der Waals surface area (Å²) in [6, 6.07) is 0. The molecule has 9 heteroatoms. The first-order chi connectivity index (χ1) is 47.1. The zero-order valence-corrected chi connectivity index (χ0v) is 65.9. The molecule has 0 aromatic carbocycles. The number of hydrogen-bond donors (Lipinski definition) is 1. The number of carboxylic acids is 1. The van der Waals surface area contributed by atoms with Crippen LogP contribution in [0, 0.1) is 0 Å². The molecule has 0 rings (SSSR count). The Hall–Kier alpha value is -1.71. The summed E-state index contributed by atoms with van der Waals surface area (Å²) in [7, 11) is 6.01. The Bertz CT molecular complexity index is 1530. The van der Waals surface area contributed by atoms with Crippen molar-refractivity contribution in [2.45, 2.75) is 495 Å². The van der Waals surface area contributed by atoms with Crippen LogP contribution in [0.2, 0.25) is 0 Å². The minimum atomic E-state index is -1.51. The van der Waals surface area contributed by atoms with Gasteiger partial charge in [-0.3, -0.25) is 9.59 Å². The van der Waals surface area contributed by atoms with Crippen LogP contribution < -0.4 is 0 Å². The maximum absolute atomic E-state index is 13.0. The van der Waals surface area contributed by atoms with Gasteiger partial charge < -0.3 is 28.5 Å². The Balaban J connectivity index is 3.89. The van der Waals surface area contributed by atoms with Crippen molar-refractivity contribution in [1.82, 2.24) is 0 Å². The quantitative estimate of drug-likeness (QED) is 0.0278. The lowest BCUT2D eigenvalue weighted by Crippen LogP contribution is -2.40. The van der Waals surface area contributed by atoms with Gasteiger partial charge in [0.05, 0.1) is 34.4 Å². The molecule has 0 aliphatic rings. The van der Waals surface area contributed by atoms with E-state index in [1.807, 2.05) is 21.1 Å². The van der Waals surface area contributed by atoms with Crippen LogP contribution in [0.3, 0.4) is 0 Å². The van der Waals surface area contributed by atoms with Crippen LogP contribution >= 0.6 is 0 Å². The van der Waals surface area contributed by atoms with Gasteiger partial charge in [-0.25, -0.2) is 4.79 Å². The first kappa shape index (κ1) is 94.3. The first-order valence-corrected chi connectivity index (χ1v) is 43.7. The number of carboxylic acid groups (broad SMARTS) is 1. The van der Waals surface area contributed by atoms with Gasteiger partial charge in [-0.05, 0) is 12.8 Å². The molecular formula is C87H172NO8+. The Morgan fingerprint density at radius 2 is 0.469 bits per heavy atom. The third-order valence-corrected chi connectivity index (χ3v) is 20.6. The summed E-state index contributed by atoms with van der Waals surface area (Å²) in [6.45, 7) is 4.99. The van der Waals surface area contributed by atoms with Crippen molar-refractivity contribution in [3.8, 4) is 0 Å². The molecule has 96 heavy (non-hydrogen) atoms. The van der Waals surface area contributed by atoms with E-state index >= 15 is 0 Å². The maximum Gasteiger partial charge on any atom is 0.361 e. The average molecular weight is 1360 g/mol.